The number of hydrogen-bond donors (Lipinski definition) is 2. The SMILES string of the molecule is CCCN(CCC)CCC(=O)CSc1c(-c2cc(Cl)ccc2O)c2cc(C(F)(F)F)ccc2[nH]c1=O. The molecule has 0 fully saturated rings. The van der Waals surface area contributed by atoms with Gasteiger partial charge in [-0.1, -0.05) is 25.4 Å². The first-order valence-electron chi connectivity index (χ1n) is 11.7. The number of thioether (sulfide) groups is 1. The molecule has 194 valence electrons. The van der Waals surface area contributed by atoms with E-state index in [-0.39, 0.29) is 49.2 Å². The maximum absolute atomic E-state index is 13.5. The molecular formula is C26H28ClF3N2O3S. The van der Waals surface area contributed by atoms with Crippen LogP contribution in [0.5, 0.6) is 5.75 Å². The van der Waals surface area contributed by atoms with Crippen molar-refractivity contribution in [2.75, 3.05) is 25.4 Å². The number of halogens is 4. The second-order valence-corrected chi connectivity index (χ2v) is 9.92. The van der Waals surface area contributed by atoms with Gasteiger partial charge in [0, 0.05) is 40.0 Å². The summed E-state index contributed by atoms with van der Waals surface area (Å²) in [5.41, 5.74) is -1.06. The van der Waals surface area contributed by atoms with Crippen molar-refractivity contribution in [3.63, 3.8) is 0 Å². The van der Waals surface area contributed by atoms with Crippen LogP contribution >= 0.6 is 23.4 Å². The lowest BCUT2D eigenvalue weighted by Crippen LogP contribution is -2.28. The van der Waals surface area contributed by atoms with E-state index in [9.17, 15) is 27.9 Å². The Labute approximate surface area is 216 Å². The van der Waals surface area contributed by atoms with Crippen molar-refractivity contribution in [1.29, 1.82) is 0 Å². The highest BCUT2D eigenvalue weighted by Crippen LogP contribution is 2.42. The van der Waals surface area contributed by atoms with Crippen LogP contribution in [0.1, 0.15) is 38.7 Å². The lowest BCUT2D eigenvalue weighted by Gasteiger charge is -2.20. The third-order valence-electron chi connectivity index (χ3n) is 5.69. The Morgan fingerprint density at radius 3 is 2.42 bits per heavy atom. The number of aromatic amines is 1. The molecule has 1 heterocycles. The summed E-state index contributed by atoms with van der Waals surface area (Å²) in [5, 5.41) is 10.9. The van der Waals surface area contributed by atoms with E-state index >= 15 is 0 Å². The largest absolute Gasteiger partial charge is 0.507 e. The van der Waals surface area contributed by atoms with Gasteiger partial charge in [0.15, 0.2) is 0 Å². The Morgan fingerprint density at radius 1 is 1.08 bits per heavy atom. The quantitative estimate of drug-likeness (QED) is 0.263. The minimum absolute atomic E-state index is 0.0338. The molecule has 3 aromatic rings. The van der Waals surface area contributed by atoms with Crippen LogP contribution in [0, 0.1) is 0 Å². The fourth-order valence-corrected chi connectivity index (χ4v) is 5.21. The Hall–Kier alpha value is -2.49. The van der Waals surface area contributed by atoms with E-state index in [1.54, 1.807) is 0 Å². The van der Waals surface area contributed by atoms with Crippen LogP contribution in [-0.4, -0.2) is 46.2 Å². The summed E-state index contributed by atoms with van der Waals surface area (Å²) >= 11 is 7.07. The lowest BCUT2D eigenvalue weighted by atomic mass is 9.98. The number of benzene rings is 2. The number of hydrogen-bond acceptors (Lipinski definition) is 5. The van der Waals surface area contributed by atoms with E-state index in [1.807, 2.05) is 0 Å². The number of rotatable bonds is 11. The maximum Gasteiger partial charge on any atom is 0.416 e. The molecule has 2 N–H and O–H groups in total. The Balaban J connectivity index is 2.03. The summed E-state index contributed by atoms with van der Waals surface area (Å²) in [6.45, 7) is 6.52. The summed E-state index contributed by atoms with van der Waals surface area (Å²) in [6, 6.07) is 7.14. The molecule has 10 heteroatoms. The number of Topliss-reactive ketones (excluding diaryl/α,β-unsaturated/α-hetero) is 1. The first kappa shape index (κ1) is 28.1. The van der Waals surface area contributed by atoms with Gasteiger partial charge < -0.3 is 15.0 Å². The number of nitrogens with one attached hydrogen (secondary N) is 1. The fraction of sp³-hybridized carbons (Fsp3) is 0.385. The van der Waals surface area contributed by atoms with Crippen molar-refractivity contribution >= 4 is 40.0 Å². The number of H-pyrrole nitrogens is 1. The topological polar surface area (TPSA) is 73.4 Å². The monoisotopic (exact) mass is 540 g/mol. The van der Waals surface area contributed by atoms with Crippen molar-refractivity contribution in [3.8, 4) is 16.9 Å². The van der Waals surface area contributed by atoms with Crippen LogP contribution in [0.4, 0.5) is 13.2 Å². The van der Waals surface area contributed by atoms with E-state index in [0.29, 0.717) is 13.0 Å². The maximum atomic E-state index is 13.5. The summed E-state index contributed by atoms with van der Waals surface area (Å²) in [7, 11) is 0. The van der Waals surface area contributed by atoms with Gasteiger partial charge >= 0.3 is 6.18 Å². The normalized spacial score (nSPS) is 12.0. The molecule has 0 radical (unpaired) electrons. The van der Waals surface area contributed by atoms with Gasteiger partial charge in [0.2, 0.25) is 0 Å². The van der Waals surface area contributed by atoms with Crippen molar-refractivity contribution in [2.24, 2.45) is 0 Å². The molecule has 2 aromatic carbocycles. The van der Waals surface area contributed by atoms with E-state index in [1.165, 1.54) is 24.3 Å². The van der Waals surface area contributed by atoms with Gasteiger partial charge in [0.25, 0.3) is 5.56 Å². The molecule has 0 unspecified atom stereocenters. The fourth-order valence-electron chi connectivity index (χ4n) is 4.04. The Morgan fingerprint density at radius 2 is 1.78 bits per heavy atom. The summed E-state index contributed by atoms with van der Waals surface area (Å²) in [4.78, 5) is 30.6. The number of aromatic hydroxyl groups is 1. The van der Waals surface area contributed by atoms with Gasteiger partial charge in [-0.3, -0.25) is 9.59 Å². The number of carbonyl (C=O) groups excluding carboxylic acids is 1. The summed E-state index contributed by atoms with van der Waals surface area (Å²) in [5.74, 6) is -0.359. The summed E-state index contributed by atoms with van der Waals surface area (Å²) < 4.78 is 40.5. The lowest BCUT2D eigenvalue weighted by molar-refractivity contribution is -0.137. The number of alkyl halides is 3. The highest BCUT2D eigenvalue weighted by Gasteiger charge is 2.31. The molecule has 36 heavy (non-hydrogen) atoms. The molecule has 0 saturated carbocycles. The average Bonchev–Trinajstić information content (AvgIpc) is 2.82. The number of phenolic OH excluding ortho intramolecular Hbond substituents is 1. The molecule has 0 atom stereocenters. The zero-order chi connectivity index (χ0) is 26.5. The van der Waals surface area contributed by atoms with Crippen molar-refractivity contribution in [1.82, 2.24) is 9.88 Å². The zero-order valence-electron chi connectivity index (χ0n) is 20.0. The standard InChI is InChI=1S/C26H28ClF3N2O3S/c1-3-10-32(11-4-2)12-9-18(33)15-36-24-23(20-14-17(27)6-8-22(20)34)19-13-16(26(28,29)30)5-7-21(19)31-25(24)35/h5-8,13-14,34H,3-4,9-12,15H2,1-2H3,(H,31,35). The molecule has 1 aromatic heterocycles. The van der Waals surface area contributed by atoms with Crippen LogP contribution in [-0.2, 0) is 11.0 Å². The second-order valence-electron chi connectivity index (χ2n) is 8.50. The first-order valence-corrected chi connectivity index (χ1v) is 13.0. The van der Waals surface area contributed by atoms with Crippen LogP contribution in [0.2, 0.25) is 5.02 Å². The minimum atomic E-state index is -4.61. The molecule has 0 aliphatic heterocycles. The average molecular weight is 541 g/mol. The smallest absolute Gasteiger partial charge is 0.416 e. The molecule has 5 nitrogen and oxygen atoms in total. The van der Waals surface area contributed by atoms with Crippen LogP contribution < -0.4 is 5.56 Å². The number of phenols is 1. The molecular weight excluding hydrogens is 513 g/mol. The molecule has 0 saturated heterocycles. The summed E-state index contributed by atoms with van der Waals surface area (Å²) in [6.07, 6.45) is -2.36. The first-order chi connectivity index (χ1) is 17.0. The molecule has 0 spiro atoms. The van der Waals surface area contributed by atoms with Gasteiger partial charge in [0.05, 0.1) is 16.2 Å². The molecule has 3 rings (SSSR count). The predicted octanol–water partition coefficient (Wildman–Crippen LogP) is 6.75. The van der Waals surface area contributed by atoms with Crippen molar-refractivity contribution in [3.05, 3.63) is 57.3 Å². The van der Waals surface area contributed by atoms with Gasteiger partial charge in [-0.2, -0.15) is 13.2 Å². The van der Waals surface area contributed by atoms with E-state index in [0.717, 1.165) is 49.8 Å². The number of aromatic nitrogens is 1. The molecule has 0 aliphatic carbocycles. The number of ketones is 1. The predicted molar refractivity (Wildman–Crippen MR) is 139 cm³/mol. The highest BCUT2D eigenvalue weighted by molar-refractivity contribution is 8.00. The number of carbonyl (C=O) groups is 1. The molecule has 0 amide bonds. The van der Waals surface area contributed by atoms with Crippen LogP contribution in [0.25, 0.3) is 22.0 Å². The van der Waals surface area contributed by atoms with Gasteiger partial charge in [-0.25, -0.2) is 0 Å². The minimum Gasteiger partial charge on any atom is -0.507 e. The van der Waals surface area contributed by atoms with E-state index in [2.05, 4.69) is 23.7 Å². The molecule has 0 aliphatic rings. The number of nitrogens with zero attached hydrogens (tertiary/aromatic N) is 1. The second kappa shape index (κ2) is 12.2. The number of fused-ring (bicyclic) bond motifs is 1. The van der Waals surface area contributed by atoms with E-state index in [4.69, 9.17) is 11.6 Å². The Kier molecular flexibility index (Phi) is 9.49. The van der Waals surface area contributed by atoms with Crippen LogP contribution in [0.3, 0.4) is 0 Å². The Bertz CT molecular complexity index is 1290. The highest BCUT2D eigenvalue weighted by atomic mass is 35.5. The number of pyridine rings is 1. The van der Waals surface area contributed by atoms with Crippen molar-refractivity contribution in [2.45, 2.75) is 44.2 Å². The van der Waals surface area contributed by atoms with Gasteiger partial charge in [-0.15, -0.1) is 11.8 Å². The third kappa shape index (κ3) is 6.83. The van der Waals surface area contributed by atoms with Crippen molar-refractivity contribution < 1.29 is 23.1 Å². The van der Waals surface area contributed by atoms with E-state index < -0.39 is 17.3 Å². The van der Waals surface area contributed by atoms with Gasteiger partial charge in [-0.05, 0) is 62.3 Å². The van der Waals surface area contributed by atoms with Crippen LogP contribution in [0.15, 0.2) is 46.1 Å². The van der Waals surface area contributed by atoms with Gasteiger partial charge in [0.1, 0.15) is 11.5 Å². The third-order valence-corrected chi connectivity index (χ3v) is 7.07. The molecule has 0 bridgehead atoms. The zero-order valence-corrected chi connectivity index (χ0v) is 21.6.